The number of halogens is 2. The number of hydrogen-bond donors (Lipinski definition) is 1. The van der Waals surface area contributed by atoms with Crippen molar-refractivity contribution >= 4 is 22.8 Å². The van der Waals surface area contributed by atoms with Crippen LogP contribution in [0.1, 0.15) is 12.0 Å². The minimum absolute atomic E-state index is 0.0640. The molecule has 0 amide bonds. The van der Waals surface area contributed by atoms with Crippen molar-refractivity contribution < 1.29 is 18.6 Å². The number of imidazole rings is 1. The van der Waals surface area contributed by atoms with E-state index in [2.05, 4.69) is 15.0 Å². The number of aromatic amines is 1. The van der Waals surface area contributed by atoms with E-state index < -0.39 is 0 Å². The molecule has 8 heteroatoms. The largest absolute Gasteiger partial charge is 0.456 e. The van der Waals surface area contributed by atoms with Gasteiger partial charge in [0.2, 0.25) is 0 Å². The number of hydrogen-bond acceptors (Lipinski definition) is 5. The second kappa shape index (κ2) is 8.09. The first-order chi connectivity index (χ1) is 16.0. The molecule has 4 heterocycles. The predicted octanol–water partition coefficient (Wildman–Crippen LogP) is 5.33. The molecule has 6 nitrogen and oxygen atoms in total. The summed E-state index contributed by atoms with van der Waals surface area (Å²) < 4.78 is 31.4. The number of benzene rings is 2. The Balaban J connectivity index is 1.27. The zero-order chi connectivity index (χ0) is 22.5. The van der Waals surface area contributed by atoms with E-state index in [0.29, 0.717) is 46.7 Å². The third kappa shape index (κ3) is 3.76. The molecule has 4 aromatic rings. The quantitative estimate of drug-likeness (QED) is 0.441. The molecular weight excluding hydrogens is 445 g/mol. The summed E-state index contributed by atoms with van der Waals surface area (Å²) in [5.41, 5.74) is 5.01. The number of rotatable bonds is 4. The lowest BCUT2D eigenvalue weighted by atomic mass is 10.0. The van der Waals surface area contributed by atoms with Gasteiger partial charge in [0, 0.05) is 12.2 Å². The van der Waals surface area contributed by atoms with Crippen LogP contribution in [-0.2, 0) is 9.47 Å². The molecule has 1 unspecified atom stereocenters. The monoisotopic (exact) mass is 465 g/mol. The molecule has 0 radical (unpaired) electrons. The molecule has 2 aromatic carbocycles. The van der Waals surface area contributed by atoms with E-state index in [1.165, 1.54) is 0 Å². The summed E-state index contributed by atoms with van der Waals surface area (Å²) in [6, 6.07) is 15.1. The first-order valence-electron chi connectivity index (χ1n) is 10.9. The second-order valence-electron chi connectivity index (χ2n) is 8.43. The van der Waals surface area contributed by atoms with E-state index in [-0.39, 0.29) is 24.1 Å². The smallest absolute Gasteiger partial charge is 0.296 e. The van der Waals surface area contributed by atoms with Crippen LogP contribution in [-0.4, -0.2) is 46.5 Å². The third-order valence-corrected chi connectivity index (χ3v) is 6.54. The molecule has 0 saturated carbocycles. The SMILES string of the molecule is Cc1ccc(-c2ccc(-c3nc4nc(OC5CO[C@@H]6CCO[C@H]56)[nH]c4cc3Cl)cc2)cc1F. The average Bonchev–Trinajstić information content (AvgIpc) is 3.52. The van der Waals surface area contributed by atoms with E-state index in [0.717, 1.165) is 23.1 Å². The van der Waals surface area contributed by atoms with Gasteiger partial charge in [-0.25, -0.2) is 9.37 Å². The number of ether oxygens (including phenoxy) is 3. The number of fused-ring (bicyclic) bond motifs is 2. The maximum Gasteiger partial charge on any atom is 0.296 e. The van der Waals surface area contributed by atoms with Crippen LogP contribution in [0, 0.1) is 12.7 Å². The van der Waals surface area contributed by atoms with Crippen LogP contribution in [0.3, 0.4) is 0 Å². The molecule has 2 saturated heterocycles. The molecule has 168 valence electrons. The minimum atomic E-state index is -0.220. The normalized spacial score (nSPS) is 22.1. The van der Waals surface area contributed by atoms with Crippen LogP contribution in [0.15, 0.2) is 48.5 Å². The maximum atomic E-state index is 13.9. The number of aromatic nitrogens is 3. The molecule has 0 spiro atoms. The van der Waals surface area contributed by atoms with Crippen molar-refractivity contribution in [2.45, 2.75) is 31.7 Å². The Morgan fingerprint density at radius 1 is 1.03 bits per heavy atom. The van der Waals surface area contributed by atoms with Crippen molar-refractivity contribution in [3.05, 3.63) is 64.9 Å². The van der Waals surface area contributed by atoms with Crippen LogP contribution in [0.25, 0.3) is 33.5 Å². The van der Waals surface area contributed by atoms with Crippen molar-refractivity contribution in [1.82, 2.24) is 15.0 Å². The lowest BCUT2D eigenvalue weighted by Gasteiger charge is -2.15. The van der Waals surface area contributed by atoms with E-state index in [4.69, 9.17) is 25.8 Å². The van der Waals surface area contributed by atoms with E-state index in [1.807, 2.05) is 30.3 Å². The summed E-state index contributed by atoms with van der Waals surface area (Å²) in [5, 5.41) is 0.496. The predicted molar refractivity (Wildman–Crippen MR) is 123 cm³/mol. The van der Waals surface area contributed by atoms with Crippen LogP contribution in [0.4, 0.5) is 4.39 Å². The summed E-state index contributed by atoms with van der Waals surface area (Å²) in [4.78, 5) is 12.3. The molecule has 2 aromatic heterocycles. The van der Waals surface area contributed by atoms with E-state index >= 15 is 0 Å². The lowest BCUT2D eigenvalue weighted by Crippen LogP contribution is -2.32. The zero-order valence-electron chi connectivity index (χ0n) is 17.8. The van der Waals surface area contributed by atoms with Gasteiger partial charge in [0.1, 0.15) is 11.9 Å². The van der Waals surface area contributed by atoms with Crippen molar-refractivity contribution in [1.29, 1.82) is 0 Å². The average molecular weight is 466 g/mol. The fraction of sp³-hybridized carbons (Fsp3) is 0.280. The zero-order valence-corrected chi connectivity index (χ0v) is 18.6. The van der Waals surface area contributed by atoms with Gasteiger partial charge in [-0.2, -0.15) is 4.98 Å². The number of nitrogens with zero attached hydrogens (tertiary/aromatic N) is 2. The number of nitrogens with one attached hydrogen (secondary N) is 1. The van der Waals surface area contributed by atoms with Crippen molar-refractivity contribution in [3.8, 4) is 28.4 Å². The molecule has 2 aliphatic heterocycles. The molecule has 2 aliphatic rings. The highest BCUT2D eigenvalue weighted by Crippen LogP contribution is 2.33. The lowest BCUT2D eigenvalue weighted by molar-refractivity contribution is 0.0273. The molecule has 2 fully saturated rings. The van der Waals surface area contributed by atoms with Gasteiger partial charge in [-0.15, -0.1) is 0 Å². The van der Waals surface area contributed by atoms with Crippen LogP contribution in [0.2, 0.25) is 5.02 Å². The summed E-state index contributed by atoms with van der Waals surface area (Å²) in [6.07, 6.45) is 0.721. The van der Waals surface area contributed by atoms with Gasteiger partial charge in [0.25, 0.3) is 6.01 Å². The molecule has 6 rings (SSSR count). The van der Waals surface area contributed by atoms with Gasteiger partial charge in [0.05, 0.1) is 28.9 Å². The summed E-state index contributed by atoms with van der Waals surface area (Å²) in [6.45, 7) is 2.91. The van der Waals surface area contributed by atoms with Gasteiger partial charge in [-0.3, -0.25) is 0 Å². The Labute approximate surface area is 194 Å². The highest BCUT2D eigenvalue weighted by molar-refractivity contribution is 6.33. The Morgan fingerprint density at radius 2 is 1.82 bits per heavy atom. The van der Waals surface area contributed by atoms with Crippen molar-refractivity contribution in [2.75, 3.05) is 13.2 Å². The molecular formula is C25H21ClFN3O3. The highest BCUT2D eigenvalue weighted by atomic mass is 35.5. The van der Waals surface area contributed by atoms with E-state index in [1.54, 1.807) is 25.1 Å². The molecule has 0 bridgehead atoms. The minimum Gasteiger partial charge on any atom is -0.456 e. The Morgan fingerprint density at radius 3 is 2.64 bits per heavy atom. The molecule has 3 atom stereocenters. The molecule has 1 N–H and O–H groups in total. The topological polar surface area (TPSA) is 69.3 Å². The van der Waals surface area contributed by atoms with Gasteiger partial charge < -0.3 is 19.2 Å². The summed E-state index contributed by atoms with van der Waals surface area (Å²) >= 11 is 6.54. The number of H-pyrrole nitrogens is 1. The fourth-order valence-electron chi connectivity index (χ4n) is 4.42. The Hall–Kier alpha value is -3.00. The van der Waals surface area contributed by atoms with Crippen LogP contribution in [0.5, 0.6) is 6.01 Å². The summed E-state index contributed by atoms with van der Waals surface area (Å²) in [5.74, 6) is -0.220. The fourth-order valence-corrected chi connectivity index (χ4v) is 4.68. The second-order valence-corrected chi connectivity index (χ2v) is 8.83. The van der Waals surface area contributed by atoms with E-state index in [9.17, 15) is 4.39 Å². The van der Waals surface area contributed by atoms with Gasteiger partial charge >= 0.3 is 0 Å². The van der Waals surface area contributed by atoms with Crippen LogP contribution >= 0.6 is 11.6 Å². The van der Waals surface area contributed by atoms with Crippen molar-refractivity contribution in [2.24, 2.45) is 0 Å². The third-order valence-electron chi connectivity index (χ3n) is 6.25. The number of aryl methyl sites for hydroxylation is 1. The summed E-state index contributed by atoms with van der Waals surface area (Å²) in [7, 11) is 0. The van der Waals surface area contributed by atoms with Crippen LogP contribution < -0.4 is 4.74 Å². The maximum absolute atomic E-state index is 13.9. The molecule has 0 aliphatic carbocycles. The highest BCUT2D eigenvalue weighted by Gasteiger charge is 2.43. The van der Waals surface area contributed by atoms with Crippen molar-refractivity contribution in [3.63, 3.8) is 0 Å². The standard InChI is InChI=1S/C25H21ClFN3O3/c1-13-2-3-16(10-18(13)27)14-4-6-15(7-5-14)22-17(26)11-19-24(29-22)30-25(28-19)33-21-12-32-20-8-9-31-23(20)21/h2-7,10-11,20-21,23H,8-9,12H2,1H3,(H,28,29,30)/t20-,21?,23+/m1/s1. The van der Waals surface area contributed by atoms with Gasteiger partial charge in [0.15, 0.2) is 11.8 Å². The molecule has 33 heavy (non-hydrogen) atoms. The Bertz CT molecular complexity index is 1340. The van der Waals surface area contributed by atoms with Gasteiger partial charge in [-0.1, -0.05) is 48.0 Å². The first-order valence-corrected chi connectivity index (χ1v) is 11.3. The first kappa shape index (κ1) is 20.6. The Kier molecular flexibility index (Phi) is 5.05. The van der Waals surface area contributed by atoms with Gasteiger partial charge in [-0.05, 0) is 42.2 Å². The number of pyridine rings is 1.